The molecule has 7 nitrogen and oxygen atoms in total. The molecule has 140 valence electrons. The second kappa shape index (κ2) is 13.1. The van der Waals surface area contributed by atoms with Crippen molar-refractivity contribution in [1.82, 2.24) is 0 Å². The molecular formula is C19H16K2N2O5S. The van der Waals surface area contributed by atoms with Crippen LogP contribution in [-0.2, 0) is 22.4 Å². The Balaban J connectivity index is 0.00000210. The van der Waals surface area contributed by atoms with Gasteiger partial charge in [0.05, 0.1) is 17.1 Å². The molecule has 10 heteroatoms. The molecule has 1 fully saturated rings. The third-order valence-corrected chi connectivity index (χ3v) is 4.93. The zero-order chi connectivity index (χ0) is 19.4. The first-order valence-corrected chi connectivity index (χ1v) is 9.07. The molecule has 0 radical (unpaired) electrons. The van der Waals surface area contributed by atoms with Gasteiger partial charge in [-0.05, 0) is 48.2 Å². The first-order valence-electron chi connectivity index (χ1n) is 8.19. The third kappa shape index (κ3) is 8.47. The molecule has 1 aliphatic rings. The van der Waals surface area contributed by atoms with E-state index >= 15 is 0 Å². The van der Waals surface area contributed by atoms with Crippen LogP contribution in [0.4, 0.5) is 4.79 Å². The Kier molecular flexibility index (Phi) is 12.4. The maximum absolute atomic E-state index is 11.6. The van der Waals surface area contributed by atoms with E-state index in [0.717, 1.165) is 22.9 Å². The van der Waals surface area contributed by atoms with Gasteiger partial charge in [-0.1, -0.05) is 36.0 Å². The van der Waals surface area contributed by atoms with Gasteiger partial charge < -0.3 is 35.3 Å². The van der Waals surface area contributed by atoms with Crippen molar-refractivity contribution in [2.45, 2.75) is 24.1 Å². The van der Waals surface area contributed by atoms with E-state index in [1.807, 2.05) is 12.1 Å². The van der Waals surface area contributed by atoms with Gasteiger partial charge in [0.2, 0.25) is 0 Å². The van der Waals surface area contributed by atoms with Gasteiger partial charge in [0.25, 0.3) is 0 Å². The SMILES string of the molecule is N[C@H](Cc1ccc(Oc2ccc(CC3SC(=O)[N-]C3=O)cc2)cc1)C(=O)[O-].[K+].[K+]. The van der Waals surface area contributed by atoms with Crippen LogP contribution in [0.5, 0.6) is 11.5 Å². The minimum absolute atomic E-state index is 0. The molecule has 2 aromatic rings. The quantitative estimate of drug-likeness (QED) is 0.414. The van der Waals surface area contributed by atoms with Crippen molar-refractivity contribution in [3.05, 3.63) is 65.0 Å². The number of ether oxygens (including phenoxy) is 1. The minimum atomic E-state index is -1.29. The maximum atomic E-state index is 11.6. The van der Waals surface area contributed by atoms with E-state index in [0.29, 0.717) is 17.9 Å². The number of amides is 2. The number of carboxylic acid groups (broad SMARTS) is 1. The Morgan fingerprint density at radius 3 is 2.00 bits per heavy atom. The third-order valence-electron chi connectivity index (χ3n) is 3.98. The van der Waals surface area contributed by atoms with Crippen LogP contribution in [0, 0.1) is 0 Å². The average molecular weight is 463 g/mol. The molecule has 0 spiro atoms. The number of carbonyl (C=O) groups excluding carboxylic acids is 3. The smallest absolute Gasteiger partial charge is 0.585 e. The van der Waals surface area contributed by atoms with Crippen LogP contribution in [0.2, 0.25) is 0 Å². The zero-order valence-corrected chi connectivity index (χ0v) is 23.2. The van der Waals surface area contributed by atoms with Crippen molar-refractivity contribution < 1.29 is 127 Å². The number of thioether (sulfide) groups is 1. The number of carbonyl (C=O) groups is 3. The Labute approximate surface area is 257 Å². The largest absolute Gasteiger partial charge is 1.00 e. The fourth-order valence-corrected chi connectivity index (χ4v) is 3.38. The molecule has 2 N–H and O–H groups in total. The summed E-state index contributed by atoms with van der Waals surface area (Å²) < 4.78 is 5.74. The molecule has 2 atom stereocenters. The molecule has 0 aromatic heterocycles. The van der Waals surface area contributed by atoms with Crippen LogP contribution < -0.4 is 118 Å². The molecule has 2 amide bonds. The number of rotatable bonds is 7. The molecule has 1 heterocycles. The summed E-state index contributed by atoms with van der Waals surface area (Å²) in [4.78, 5) is 33.4. The number of aliphatic carboxylic acids is 1. The molecule has 0 aliphatic carbocycles. The number of nitrogens with zero attached hydrogens (tertiary/aromatic N) is 1. The van der Waals surface area contributed by atoms with Gasteiger partial charge in [-0.2, -0.15) is 0 Å². The van der Waals surface area contributed by atoms with Crippen molar-refractivity contribution in [2.24, 2.45) is 5.73 Å². The van der Waals surface area contributed by atoms with Gasteiger partial charge >= 0.3 is 103 Å². The second-order valence-electron chi connectivity index (χ2n) is 6.05. The van der Waals surface area contributed by atoms with E-state index < -0.39 is 22.5 Å². The normalized spacial score (nSPS) is 16.2. The topological polar surface area (TPSA) is 124 Å². The summed E-state index contributed by atoms with van der Waals surface area (Å²) in [6, 6.07) is 13.1. The van der Waals surface area contributed by atoms with Crippen LogP contribution in [0.15, 0.2) is 48.5 Å². The predicted molar refractivity (Wildman–Crippen MR) is 98.5 cm³/mol. The number of benzene rings is 2. The van der Waals surface area contributed by atoms with Crippen molar-refractivity contribution in [3.63, 3.8) is 0 Å². The van der Waals surface area contributed by atoms with Gasteiger partial charge in [0.15, 0.2) is 0 Å². The van der Waals surface area contributed by atoms with E-state index in [9.17, 15) is 19.5 Å². The number of hydrogen-bond acceptors (Lipinski definition) is 7. The van der Waals surface area contributed by atoms with Gasteiger partial charge in [-0.15, -0.1) is 0 Å². The summed E-state index contributed by atoms with van der Waals surface area (Å²) in [6.07, 6.45) is 0.621. The number of carboxylic acids is 1. The monoisotopic (exact) mass is 462 g/mol. The van der Waals surface area contributed by atoms with Crippen LogP contribution in [-0.4, -0.2) is 28.4 Å². The molecule has 1 aliphatic heterocycles. The molecule has 1 unspecified atom stereocenters. The fourth-order valence-electron chi connectivity index (χ4n) is 2.56. The van der Waals surface area contributed by atoms with Crippen LogP contribution in [0.25, 0.3) is 5.32 Å². The van der Waals surface area contributed by atoms with E-state index in [1.165, 1.54) is 0 Å². The Morgan fingerprint density at radius 2 is 1.55 bits per heavy atom. The van der Waals surface area contributed by atoms with Crippen molar-refractivity contribution in [1.29, 1.82) is 0 Å². The molecule has 29 heavy (non-hydrogen) atoms. The second-order valence-corrected chi connectivity index (χ2v) is 7.20. The van der Waals surface area contributed by atoms with Crippen LogP contribution in [0.1, 0.15) is 11.1 Å². The van der Waals surface area contributed by atoms with E-state index in [4.69, 9.17) is 10.5 Å². The Hall–Kier alpha value is 0.433. The van der Waals surface area contributed by atoms with Gasteiger partial charge in [-0.3, -0.25) is 0 Å². The van der Waals surface area contributed by atoms with E-state index in [2.05, 4.69) is 5.32 Å². The Bertz CT molecular complexity index is 862. The van der Waals surface area contributed by atoms with Crippen LogP contribution in [0.3, 0.4) is 0 Å². The molecule has 0 bridgehead atoms. The average Bonchev–Trinajstić information content (AvgIpc) is 2.95. The summed E-state index contributed by atoms with van der Waals surface area (Å²) in [7, 11) is 0. The number of imide groups is 1. The summed E-state index contributed by atoms with van der Waals surface area (Å²) in [5.41, 5.74) is 7.14. The zero-order valence-electron chi connectivity index (χ0n) is 16.2. The standard InChI is InChI=1S/C19H18N2O5S.2K/c20-15(18(23)24)9-11-1-5-13(6-2-11)26-14-7-3-12(4-8-14)10-16-17(22)21-19(25)27-16;;/h1-8,15-16H,9-10,20H2,(H2,21,22,23,24,25);;/q;2*+1/p-2/t15-,16?;;/m1../s1. The minimum Gasteiger partial charge on any atom is -0.585 e. The van der Waals surface area contributed by atoms with Crippen molar-refractivity contribution in [2.75, 3.05) is 0 Å². The first-order chi connectivity index (χ1) is 12.9. The van der Waals surface area contributed by atoms with E-state index in [1.54, 1.807) is 36.4 Å². The Morgan fingerprint density at radius 1 is 1.03 bits per heavy atom. The molecule has 1 saturated heterocycles. The predicted octanol–water partition coefficient (Wildman–Crippen LogP) is -4.22. The summed E-state index contributed by atoms with van der Waals surface area (Å²) >= 11 is 0.947. The molecule has 3 rings (SSSR count). The first kappa shape index (κ1) is 27.5. The molecule has 0 saturated carbocycles. The maximum Gasteiger partial charge on any atom is 1.00 e. The summed E-state index contributed by atoms with van der Waals surface area (Å²) in [5, 5.41) is 13.2. The van der Waals surface area contributed by atoms with Gasteiger partial charge in [0, 0.05) is 6.04 Å². The van der Waals surface area contributed by atoms with Gasteiger partial charge in [-0.25, -0.2) is 0 Å². The van der Waals surface area contributed by atoms with Crippen molar-refractivity contribution >= 4 is 28.9 Å². The summed E-state index contributed by atoms with van der Waals surface area (Å²) in [6.45, 7) is 0. The van der Waals surface area contributed by atoms with Crippen molar-refractivity contribution in [3.8, 4) is 11.5 Å². The fraction of sp³-hybridized carbons (Fsp3) is 0.211. The van der Waals surface area contributed by atoms with Gasteiger partial charge in [0.1, 0.15) is 16.7 Å². The number of hydrogen-bond donors (Lipinski definition) is 1. The summed E-state index contributed by atoms with van der Waals surface area (Å²) in [5.74, 6) is -0.460. The number of nitrogens with two attached hydrogens (primary N) is 1. The molecule has 2 aromatic carbocycles. The van der Waals surface area contributed by atoms with Crippen LogP contribution >= 0.6 is 11.8 Å². The van der Waals surface area contributed by atoms with E-state index in [-0.39, 0.29) is 115 Å². The molecular weight excluding hydrogens is 446 g/mol.